The van der Waals surface area contributed by atoms with Crippen molar-refractivity contribution >= 4 is 15.8 Å². The van der Waals surface area contributed by atoms with Crippen molar-refractivity contribution in [2.75, 3.05) is 12.3 Å². The second-order valence-corrected chi connectivity index (χ2v) is 5.81. The predicted molar refractivity (Wildman–Crippen MR) is 62.3 cm³/mol. The monoisotopic (exact) mass is 246 g/mol. The molecule has 92 valence electrons. The summed E-state index contributed by atoms with van der Waals surface area (Å²) in [6.45, 7) is 4.48. The Morgan fingerprint density at radius 3 is 2.62 bits per heavy atom. The smallest absolute Gasteiger partial charge is 0.260 e. The summed E-state index contributed by atoms with van der Waals surface area (Å²) < 4.78 is 27.6. The third-order valence-electron chi connectivity index (χ3n) is 2.18. The fourth-order valence-corrected chi connectivity index (χ4v) is 2.59. The van der Waals surface area contributed by atoms with Crippen molar-refractivity contribution in [3.8, 4) is 0 Å². The van der Waals surface area contributed by atoms with Gasteiger partial charge in [-0.2, -0.15) is 0 Å². The molecule has 0 saturated carbocycles. The number of nitrogen functional groups attached to an aromatic ring is 1. The van der Waals surface area contributed by atoms with E-state index in [1.807, 2.05) is 13.8 Å². The van der Waals surface area contributed by atoms with E-state index in [0.717, 1.165) is 6.42 Å². The van der Waals surface area contributed by atoms with Gasteiger partial charge in [-0.3, -0.25) is 0 Å². The highest BCUT2D eigenvalue weighted by atomic mass is 32.2. The molecule has 3 N–H and O–H groups in total. The number of anilines is 1. The fraction of sp³-hybridized carbons (Fsp3) is 0.667. The Morgan fingerprint density at radius 1 is 1.56 bits per heavy atom. The standard InChI is InChI=1S/C9H18N4O2S/c1-7(2)4-5-12-16(14,15)9-8(10)11-6-13(9)3/h6-7,12H,4-5,10H2,1-3H3. The van der Waals surface area contributed by atoms with Gasteiger partial charge in [0.25, 0.3) is 10.0 Å². The van der Waals surface area contributed by atoms with Crippen LogP contribution in [0.1, 0.15) is 20.3 Å². The minimum Gasteiger partial charge on any atom is -0.381 e. The minimum absolute atomic E-state index is 0.0243. The van der Waals surface area contributed by atoms with E-state index in [-0.39, 0.29) is 10.8 Å². The van der Waals surface area contributed by atoms with Gasteiger partial charge in [-0.1, -0.05) is 13.8 Å². The summed E-state index contributed by atoms with van der Waals surface area (Å²) in [5.74, 6) is 0.478. The SMILES string of the molecule is CC(C)CCNS(=O)(=O)c1c(N)ncn1C. The number of hydrogen-bond acceptors (Lipinski definition) is 4. The molecule has 0 amide bonds. The molecule has 7 heteroatoms. The van der Waals surface area contributed by atoms with Crippen LogP contribution >= 0.6 is 0 Å². The van der Waals surface area contributed by atoms with Gasteiger partial charge in [-0.05, 0) is 12.3 Å². The van der Waals surface area contributed by atoms with Gasteiger partial charge in [0.05, 0.1) is 6.33 Å². The molecule has 1 aromatic rings. The van der Waals surface area contributed by atoms with Crippen LogP contribution in [-0.4, -0.2) is 24.5 Å². The van der Waals surface area contributed by atoms with Gasteiger partial charge in [0.2, 0.25) is 0 Å². The first kappa shape index (κ1) is 13.0. The number of aromatic nitrogens is 2. The van der Waals surface area contributed by atoms with E-state index in [0.29, 0.717) is 12.5 Å². The Labute approximate surface area is 95.9 Å². The number of nitrogens with two attached hydrogens (primary N) is 1. The van der Waals surface area contributed by atoms with Gasteiger partial charge < -0.3 is 10.3 Å². The third kappa shape index (κ3) is 2.96. The van der Waals surface area contributed by atoms with E-state index in [4.69, 9.17) is 5.73 Å². The van der Waals surface area contributed by atoms with Crippen LogP contribution in [0.15, 0.2) is 11.4 Å². The molecule has 16 heavy (non-hydrogen) atoms. The summed E-state index contributed by atoms with van der Waals surface area (Å²) in [5, 5.41) is 0.0243. The molecule has 0 aliphatic carbocycles. The molecule has 0 aliphatic heterocycles. The van der Waals surface area contributed by atoms with E-state index in [1.165, 1.54) is 10.9 Å². The lowest BCUT2D eigenvalue weighted by molar-refractivity contribution is 0.546. The van der Waals surface area contributed by atoms with E-state index < -0.39 is 10.0 Å². The van der Waals surface area contributed by atoms with Crippen molar-refractivity contribution in [1.29, 1.82) is 0 Å². The van der Waals surface area contributed by atoms with Gasteiger partial charge in [0.15, 0.2) is 10.8 Å². The van der Waals surface area contributed by atoms with E-state index >= 15 is 0 Å². The lowest BCUT2D eigenvalue weighted by Gasteiger charge is -2.08. The molecule has 1 aromatic heterocycles. The largest absolute Gasteiger partial charge is 0.381 e. The molecule has 1 heterocycles. The van der Waals surface area contributed by atoms with Crippen molar-refractivity contribution in [1.82, 2.24) is 14.3 Å². The molecule has 0 aliphatic rings. The highest BCUT2D eigenvalue weighted by Gasteiger charge is 2.21. The number of nitrogens with one attached hydrogen (secondary N) is 1. The van der Waals surface area contributed by atoms with Crippen LogP contribution in [0.2, 0.25) is 0 Å². The van der Waals surface area contributed by atoms with Crippen LogP contribution in [0.3, 0.4) is 0 Å². The summed E-state index contributed by atoms with van der Waals surface area (Å²) in [6.07, 6.45) is 2.17. The highest BCUT2D eigenvalue weighted by molar-refractivity contribution is 7.89. The maximum absolute atomic E-state index is 11.9. The van der Waals surface area contributed by atoms with Gasteiger partial charge in [0.1, 0.15) is 0 Å². The van der Waals surface area contributed by atoms with E-state index in [2.05, 4.69) is 9.71 Å². The minimum atomic E-state index is -3.55. The average molecular weight is 246 g/mol. The van der Waals surface area contributed by atoms with Crippen LogP contribution < -0.4 is 10.5 Å². The van der Waals surface area contributed by atoms with E-state index in [9.17, 15) is 8.42 Å². The highest BCUT2D eigenvalue weighted by Crippen LogP contribution is 2.14. The van der Waals surface area contributed by atoms with Crippen molar-refractivity contribution in [3.63, 3.8) is 0 Å². The Hall–Kier alpha value is -1.08. The number of aryl methyl sites for hydroxylation is 1. The van der Waals surface area contributed by atoms with Gasteiger partial charge >= 0.3 is 0 Å². The van der Waals surface area contributed by atoms with Crippen molar-refractivity contribution in [2.24, 2.45) is 13.0 Å². The van der Waals surface area contributed by atoms with Crippen LogP contribution in [0.5, 0.6) is 0 Å². The summed E-state index contributed by atoms with van der Waals surface area (Å²) in [7, 11) is -1.95. The lowest BCUT2D eigenvalue weighted by Crippen LogP contribution is -2.27. The summed E-state index contributed by atoms with van der Waals surface area (Å²) in [6, 6.07) is 0. The van der Waals surface area contributed by atoms with Gasteiger partial charge in [-0.25, -0.2) is 18.1 Å². The number of sulfonamides is 1. The van der Waals surface area contributed by atoms with Crippen molar-refractivity contribution in [2.45, 2.75) is 25.3 Å². The molecule has 0 radical (unpaired) electrons. The molecule has 0 atom stereocenters. The quantitative estimate of drug-likeness (QED) is 0.783. The summed E-state index contributed by atoms with van der Waals surface area (Å²) >= 11 is 0. The zero-order valence-corrected chi connectivity index (χ0v) is 10.6. The second kappa shape index (κ2) is 4.84. The number of rotatable bonds is 5. The first-order valence-electron chi connectivity index (χ1n) is 5.11. The molecule has 0 saturated heterocycles. The normalized spacial score (nSPS) is 12.2. The molecule has 0 spiro atoms. The molecular formula is C9H18N4O2S. The molecule has 0 aromatic carbocycles. The second-order valence-electron chi connectivity index (χ2n) is 4.13. The Bertz CT molecular complexity index is 431. The Balaban J connectivity index is 2.79. The van der Waals surface area contributed by atoms with Crippen LogP contribution in [0, 0.1) is 5.92 Å². The lowest BCUT2D eigenvalue weighted by atomic mass is 10.1. The Morgan fingerprint density at radius 2 is 2.19 bits per heavy atom. The zero-order valence-electron chi connectivity index (χ0n) is 9.77. The van der Waals surface area contributed by atoms with Crippen molar-refractivity contribution in [3.05, 3.63) is 6.33 Å². The molecule has 1 rings (SSSR count). The van der Waals surface area contributed by atoms with Gasteiger partial charge in [-0.15, -0.1) is 0 Å². The molecule has 0 fully saturated rings. The molecule has 0 unspecified atom stereocenters. The van der Waals surface area contributed by atoms with Crippen LogP contribution in [0.4, 0.5) is 5.82 Å². The number of hydrogen-bond donors (Lipinski definition) is 2. The fourth-order valence-electron chi connectivity index (χ4n) is 1.31. The maximum Gasteiger partial charge on any atom is 0.260 e. The molecular weight excluding hydrogens is 228 g/mol. The van der Waals surface area contributed by atoms with Crippen molar-refractivity contribution < 1.29 is 8.42 Å². The first-order chi connectivity index (χ1) is 7.34. The van der Waals surface area contributed by atoms with Crippen LogP contribution in [-0.2, 0) is 17.1 Å². The topological polar surface area (TPSA) is 90.0 Å². The Kier molecular flexibility index (Phi) is 3.93. The molecule has 6 nitrogen and oxygen atoms in total. The average Bonchev–Trinajstić information content (AvgIpc) is 2.45. The first-order valence-corrected chi connectivity index (χ1v) is 6.59. The van der Waals surface area contributed by atoms with Crippen LogP contribution in [0.25, 0.3) is 0 Å². The predicted octanol–water partition coefficient (Wildman–Crippen LogP) is 0.327. The number of imidazole rings is 1. The summed E-state index contributed by atoms with van der Waals surface area (Å²) in [5.41, 5.74) is 5.51. The number of nitrogens with zero attached hydrogens (tertiary/aromatic N) is 2. The third-order valence-corrected chi connectivity index (χ3v) is 3.77. The zero-order chi connectivity index (χ0) is 12.3. The maximum atomic E-state index is 11.9. The molecule has 0 bridgehead atoms. The van der Waals surface area contributed by atoms with E-state index in [1.54, 1.807) is 7.05 Å². The summed E-state index contributed by atoms with van der Waals surface area (Å²) in [4.78, 5) is 3.75. The van der Waals surface area contributed by atoms with Gasteiger partial charge in [0, 0.05) is 13.6 Å².